The number of fused-ring (bicyclic) bond motifs is 3. The van der Waals surface area contributed by atoms with Gasteiger partial charge in [-0.25, -0.2) is 10.9 Å². The maximum Gasteiger partial charge on any atom is 0.236 e. The minimum atomic E-state index is -0.345. The molecule has 4 N–H and O–H groups in total. The molecule has 114 valence electrons. The maximum absolute atomic E-state index is 11.6. The van der Waals surface area contributed by atoms with Crippen LogP contribution in [0.15, 0.2) is 18.2 Å². The second-order valence-electron chi connectivity index (χ2n) is 6.95. The Kier molecular flexibility index (Phi) is 3.42. The van der Waals surface area contributed by atoms with Gasteiger partial charge < -0.3 is 10.5 Å². The van der Waals surface area contributed by atoms with Crippen LogP contribution in [0.5, 0.6) is 5.75 Å². The van der Waals surface area contributed by atoms with Crippen molar-refractivity contribution in [2.24, 2.45) is 11.7 Å². The molecule has 2 aliphatic rings. The van der Waals surface area contributed by atoms with Crippen LogP contribution >= 0.6 is 0 Å². The molecule has 2 aliphatic heterocycles. The van der Waals surface area contributed by atoms with Gasteiger partial charge in [0.05, 0.1) is 12.6 Å². The number of hydrogen-bond donors (Lipinski definition) is 3. The molecular weight excluding hydrogens is 266 g/mol. The third-order valence-electron chi connectivity index (χ3n) is 4.48. The number of hydrazine groups is 1. The SMILES string of the molecule is CC(C)(C)c1ccc2c(c1)C1NNC(C(N)=O)C1CCO2. The first kappa shape index (κ1) is 14.4. The lowest BCUT2D eigenvalue weighted by Crippen LogP contribution is -2.43. The molecule has 21 heavy (non-hydrogen) atoms. The Morgan fingerprint density at radius 1 is 1.33 bits per heavy atom. The zero-order valence-electron chi connectivity index (χ0n) is 12.8. The molecule has 0 bridgehead atoms. The summed E-state index contributed by atoms with van der Waals surface area (Å²) in [5, 5.41) is 0. The predicted molar refractivity (Wildman–Crippen MR) is 80.7 cm³/mol. The van der Waals surface area contributed by atoms with Crippen LogP contribution in [0, 0.1) is 5.92 Å². The van der Waals surface area contributed by atoms with Crippen molar-refractivity contribution in [1.82, 2.24) is 10.9 Å². The number of primary amides is 1. The molecule has 0 aliphatic carbocycles. The minimum absolute atomic E-state index is 0.0577. The Labute approximate surface area is 125 Å². The first-order valence-corrected chi connectivity index (χ1v) is 7.45. The predicted octanol–water partition coefficient (Wildman–Crippen LogP) is 1.39. The highest BCUT2D eigenvalue weighted by atomic mass is 16.5. The molecule has 3 atom stereocenters. The van der Waals surface area contributed by atoms with Gasteiger partial charge in [-0.15, -0.1) is 0 Å². The van der Waals surface area contributed by atoms with Crippen molar-refractivity contribution in [2.75, 3.05) is 6.61 Å². The number of carbonyl (C=O) groups is 1. The Hall–Kier alpha value is -1.59. The standard InChI is InChI=1S/C16H23N3O2/c1-16(2,3)9-4-5-12-11(8-9)13-10(6-7-21-12)14(15(17)20)19-18-13/h4-5,8,10,13-14,18-19H,6-7H2,1-3H3,(H2,17,20). The van der Waals surface area contributed by atoms with Crippen molar-refractivity contribution in [2.45, 2.75) is 44.7 Å². The molecule has 2 heterocycles. The smallest absolute Gasteiger partial charge is 0.236 e. The molecule has 1 fully saturated rings. The lowest BCUT2D eigenvalue weighted by atomic mass is 9.82. The minimum Gasteiger partial charge on any atom is -0.493 e. The van der Waals surface area contributed by atoms with E-state index in [1.807, 2.05) is 6.07 Å². The average molecular weight is 289 g/mol. The van der Waals surface area contributed by atoms with E-state index in [2.05, 4.69) is 43.8 Å². The van der Waals surface area contributed by atoms with Gasteiger partial charge in [-0.3, -0.25) is 4.79 Å². The van der Waals surface area contributed by atoms with Crippen molar-refractivity contribution in [3.63, 3.8) is 0 Å². The third kappa shape index (κ3) is 2.51. The van der Waals surface area contributed by atoms with Gasteiger partial charge in [0.25, 0.3) is 0 Å². The largest absolute Gasteiger partial charge is 0.493 e. The van der Waals surface area contributed by atoms with Crippen LogP contribution in [0.3, 0.4) is 0 Å². The van der Waals surface area contributed by atoms with Gasteiger partial charge in [-0.2, -0.15) is 0 Å². The number of ether oxygens (including phenoxy) is 1. The molecule has 5 nitrogen and oxygen atoms in total. The lowest BCUT2D eigenvalue weighted by molar-refractivity contribution is -0.120. The monoisotopic (exact) mass is 289 g/mol. The van der Waals surface area contributed by atoms with Crippen molar-refractivity contribution in [3.8, 4) is 5.75 Å². The van der Waals surface area contributed by atoms with Crippen LogP contribution in [-0.2, 0) is 10.2 Å². The van der Waals surface area contributed by atoms with Crippen molar-refractivity contribution in [1.29, 1.82) is 0 Å². The van der Waals surface area contributed by atoms with Gasteiger partial charge in [0.1, 0.15) is 11.8 Å². The summed E-state index contributed by atoms with van der Waals surface area (Å²) in [6.07, 6.45) is 0.803. The summed E-state index contributed by atoms with van der Waals surface area (Å²) >= 11 is 0. The van der Waals surface area contributed by atoms with Crippen LogP contribution in [0.4, 0.5) is 0 Å². The number of hydrogen-bond acceptors (Lipinski definition) is 4. The molecule has 3 unspecified atom stereocenters. The molecule has 1 saturated heterocycles. The molecule has 0 saturated carbocycles. The Bertz CT molecular complexity index is 565. The normalized spacial score (nSPS) is 28.2. The molecule has 0 radical (unpaired) electrons. The summed E-state index contributed by atoms with van der Waals surface area (Å²) in [4.78, 5) is 11.6. The van der Waals surface area contributed by atoms with Crippen LogP contribution in [0.25, 0.3) is 0 Å². The van der Waals surface area contributed by atoms with Gasteiger partial charge in [0.15, 0.2) is 0 Å². The van der Waals surface area contributed by atoms with Gasteiger partial charge in [0.2, 0.25) is 5.91 Å². The first-order chi connectivity index (χ1) is 9.88. The number of rotatable bonds is 1. The summed E-state index contributed by atoms with van der Waals surface area (Å²) in [6.45, 7) is 7.18. The van der Waals surface area contributed by atoms with Crippen LogP contribution in [0.1, 0.15) is 44.4 Å². The fourth-order valence-corrected chi connectivity index (χ4v) is 3.20. The van der Waals surface area contributed by atoms with E-state index >= 15 is 0 Å². The van der Waals surface area contributed by atoms with Gasteiger partial charge in [-0.1, -0.05) is 26.8 Å². The second-order valence-corrected chi connectivity index (χ2v) is 6.95. The van der Waals surface area contributed by atoms with Gasteiger partial charge in [-0.05, 0) is 29.5 Å². The first-order valence-electron chi connectivity index (χ1n) is 7.45. The van der Waals surface area contributed by atoms with E-state index in [9.17, 15) is 4.79 Å². The summed E-state index contributed by atoms with van der Waals surface area (Å²) in [5.41, 5.74) is 14.2. The number of carbonyl (C=O) groups excluding carboxylic acids is 1. The van der Waals surface area contributed by atoms with E-state index in [0.29, 0.717) is 6.61 Å². The Morgan fingerprint density at radius 2 is 2.10 bits per heavy atom. The molecule has 1 aromatic rings. The number of nitrogens with one attached hydrogen (secondary N) is 2. The van der Waals surface area contributed by atoms with Crippen molar-refractivity contribution in [3.05, 3.63) is 29.3 Å². The quantitative estimate of drug-likeness (QED) is 0.730. The maximum atomic E-state index is 11.6. The Morgan fingerprint density at radius 3 is 2.76 bits per heavy atom. The topological polar surface area (TPSA) is 76.4 Å². The van der Waals surface area contributed by atoms with E-state index < -0.39 is 0 Å². The molecule has 1 aromatic carbocycles. The van der Waals surface area contributed by atoms with Crippen LogP contribution in [-0.4, -0.2) is 18.6 Å². The number of benzene rings is 1. The van der Waals surface area contributed by atoms with Crippen LogP contribution in [0.2, 0.25) is 0 Å². The Balaban J connectivity index is 2.02. The molecule has 0 aromatic heterocycles. The van der Waals surface area contributed by atoms with Gasteiger partial charge in [0, 0.05) is 11.5 Å². The summed E-state index contributed by atoms with van der Waals surface area (Å²) in [5.74, 6) is 0.708. The van der Waals surface area contributed by atoms with E-state index in [4.69, 9.17) is 10.5 Å². The highest BCUT2D eigenvalue weighted by Gasteiger charge is 2.42. The molecule has 3 rings (SSSR count). The van der Waals surface area contributed by atoms with Crippen molar-refractivity contribution < 1.29 is 9.53 Å². The van der Waals surface area contributed by atoms with E-state index in [1.165, 1.54) is 5.56 Å². The van der Waals surface area contributed by atoms with Crippen LogP contribution < -0.4 is 21.3 Å². The molecule has 0 spiro atoms. The number of nitrogens with two attached hydrogens (primary N) is 1. The zero-order valence-corrected chi connectivity index (χ0v) is 12.8. The summed E-state index contributed by atoms with van der Waals surface area (Å²) < 4.78 is 5.86. The summed E-state index contributed by atoms with van der Waals surface area (Å²) in [6, 6.07) is 6.06. The van der Waals surface area contributed by atoms with E-state index in [-0.39, 0.29) is 29.3 Å². The highest BCUT2D eigenvalue weighted by Crippen LogP contribution is 2.40. The molecule has 1 amide bonds. The van der Waals surface area contributed by atoms with E-state index in [0.717, 1.165) is 17.7 Å². The fraction of sp³-hybridized carbons (Fsp3) is 0.562. The molecule has 5 heteroatoms. The second kappa shape index (κ2) is 5.00. The van der Waals surface area contributed by atoms with Crippen molar-refractivity contribution >= 4 is 5.91 Å². The fourth-order valence-electron chi connectivity index (χ4n) is 3.20. The van der Waals surface area contributed by atoms with E-state index in [1.54, 1.807) is 0 Å². The highest BCUT2D eigenvalue weighted by molar-refractivity contribution is 5.80. The molecular formula is C16H23N3O2. The lowest BCUT2D eigenvalue weighted by Gasteiger charge is -2.23. The zero-order chi connectivity index (χ0) is 15.2. The summed E-state index contributed by atoms with van der Waals surface area (Å²) in [7, 11) is 0. The van der Waals surface area contributed by atoms with Gasteiger partial charge >= 0.3 is 0 Å². The average Bonchev–Trinajstić information content (AvgIpc) is 2.74. The number of amides is 1. The third-order valence-corrected chi connectivity index (χ3v) is 4.48.